The fourth-order valence-corrected chi connectivity index (χ4v) is 6.20. The van der Waals surface area contributed by atoms with Crippen molar-refractivity contribution < 1.29 is 57.6 Å². The van der Waals surface area contributed by atoms with Crippen molar-refractivity contribution in [1.29, 1.82) is 0 Å². The number of hydrogen-bond acceptors (Lipinski definition) is 1. The summed E-state index contributed by atoms with van der Waals surface area (Å²) >= 11 is 0. The Balaban J connectivity index is 1.33. The number of nitrogens with zero attached hydrogens (tertiary/aromatic N) is 2. The Kier molecular flexibility index (Phi) is 3.48. The molecule has 11 rings (SSSR count). The highest BCUT2D eigenvalue weighted by Gasteiger charge is 2.20. The predicted molar refractivity (Wildman–Crippen MR) is 263 cm³/mol. The standard InChI is InChI=1S/C60H42N2/c1-5-15-43(16-6-1)46-25-33-52(34-26-46)61(59-39-31-50(45-19-9-3-10-20-45)41-56(59)49-21-11-4-12-22-49)53-35-29-48(30-36-53)51-32-40-60-57(42-51)55-23-13-14-24-58(55)62(60)54-37-27-47(28-38-54)44-17-7-2-8-18-44/h1-42H/i1D,2D,3D,4D,5D,6D,7D,8D,9D,10D,11D,12D,13D,14D,15D,16D,17D,18D,19D,20D,21D,22D,23D,24D,25D,26D,27D,28D,29D,30D,31D,32D,33D,34D,35D,36D,37D,38D,39D,40D,41D,42D. The first-order chi connectivity index (χ1) is 48.2. The van der Waals surface area contributed by atoms with Crippen molar-refractivity contribution in [2.45, 2.75) is 0 Å². The molecule has 2 heteroatoms. The first-order valence-corrected chi connectivity index (χ1v) is 17.8. The molecule has 0 aliphatic heterocycles. The molecule has 292 valence electrons. The number of anilines is 3. The molecule has 10 aromatic carbocycles. The summed E-state index contributed by atoms with van der Waals surface area (Å²) in [6, 6.07) is -50.0. The van der Waals surface area contributed by atoms with Gasteiger partial charge in [0.05, 0.1) is 74.3 Å². The molecule has 0 fully saturated rings. The van der Waals surface area contributed by atoms with Gasteiger partial charge in [0.2, 0.25) is 0 Å². The van der Waals surface area contributed by atoms with Crippen LogP contribution in [0.25, 0.3) is 83.1 Å². The van der Waals surface area contributed by atoms with E-state index in [4.69, 9.17) is 27.4 Å². The molecule has 0 aliphatic rings. The summed E-state index contributed by atoms with van der Waals surface area (Å²) in [6.45, 7) is 0. The Morgan fingerprint density at radius 1 is 0.290 bits per heavy atom. The minimum Gasteiger partial charge on any atom is -0.310 e. The zero-order valence-corrected chi connectivity index (χ0v) is 30.9. The Morgan fingerprint density at radius 2 is 0.677 bits per heavy atom. The number of hydrogen-bond donors (Lipinski definition) is 0. The zero-order valence-electron chi connectivity index (χ0n) is 72.9. The van der Waals surface area contributed by atoms with Crippen molar-refractivity contribution in [3.63, 3.8) is 0 Å². The van der Waals surface area contributed by atoms with Gasteiger partial charge in [-0.05, 0) is 117 Å². The second kappa shape index (κ2) is 16.1. The van der Waals surface area contributed by atoms with Gasteiger partial charge in [-0.1, -0.05) is 187 Å². The highest BCUT2D eigenvalue weighted by molar-refractivity contribution is 6.10. The van der Waals surface area contributed by atoms with Crippen LogP contribution in [0.5, 0.6) is 0 Å². The molecular weight excluding hydrogens is 749 g/mol. The van der Waals surface area contributed by atoms with Gasteiger partial charge in [0.1, 0.15) is 0 Å². The lowest BCUT2D eigenvalue weighted by atomic mass is 9.96. The molecule has 0 atom stereocenters. The molecule has 0 unspecified atom stereocenters. The van der Waals surface area contributed by atoms with Crippen molar-refractivity contribution in [3.8, 4) is 61.3 Å². The van der Waals surface area contributed by atoms with Gasteiger partial charge in [0.15, 0.2) is 0 Å². The van der Waals surface area contributed by atoms with Crippen molar-refractivity contribution in [2.24, 2.45) is 0 Å². The lowest BCUT2D eigenvalue weighted by molar-refractivity contribution is 1.18. The molecule has 62 heavy (non-hydrogen) atoms. The fraction of sp³-hybridized carbons (Fsp3) is 0. The van der Waals surface area contributed by atoms with E-state index in [2.05, 4.69) is 0 Å². The Bertz CT molecular complexity index is 5630. The Labute approximate surface area is 421 Å². The fourth-order valence-electron chi connectivity index (χ4n) is 6.20. The number of rotatable bonds is 9. The van der Waals surface area contributed by atoms with Gasteiger partial charge in [-0.15, -0.1) is 0 Å². The summed E-state index contributed by atoms with van der Waals surface area (Å²) in [5, 5.41) is -1.62. The quantitative estimate of drug-likeness (QED) is 0.141. The van der Waals surface area contributed by atoms with E-state index in [0.29, 0.717) is 4.57 Å². The molecule has 0 aliphatic carbocycles. The maximum Gasteiger partial charge on any atom is 0.0645 e. The molecule has 0 saturated heterocycles. The van der Waals surface area contributed by atoms with E-state index in [-0.39, 0.29) is 4.90 Å². The van der Waals surface area contributed by atoms with Crippen LogP contribution in [-0.2, 0) is 0 Å². The van der Waals surface area contributed by atoms with E-state index in [1.807, 2.05) is 0 Å². The molecular formula is C60H42N2. The summed E-state index contributed by atoms with van der Waals surface area (Å²) in [4.78, 5) is 0.143. The first kappa shape index (κ1) is 13.4. The van der Waals surface area contributed by atoms with Crippen molar-refractivity contribution >= 4 is 38.9 Å². The molecule has 2 nitrogen and oxygen atoms in total. The molecule has 0 radical (unpaired) electrons. The van der Waals surface area contributed by atoms with Crippen LogP contribution in [0.4, 0.5) is 17.1 Å². The third-order valence-electron chi connectivity index (χ3n) is 8.93. The first-order valence-electron chi connectivity index (χ1n) is 38.8. The van der Waals surface area contributed by atoms with E-state index < -0.39 is 354 Å². The predicted octanol–water partition coefficient (Wildman–Crippen LogP) is 16.6. The second-order valence-corrected chi connectivity index (χ2v) is 12.5. The summed E-state index contributed by atoms with van der Waals surface area (Å²) in [7, 11) is 0. The van der Waals surface area contributed by atoms with Crippen LogP contribution in [0.2, 0.25) is 0 Å². The van der Waals surface area contributed by atoms with Crippen LogP contribution in [-0.4, -0.2) is 4.57 Å². The summed E-state index contributed by atoms with van der Waals surface area (Å²) in [5.41, 5.74) is -17.5. The maximum absolute atomic E-state index is 10.00. The summed E-state index contributed by atoms with van der Waals surface area (Å²) < 4.78 is 383. The van der Waals surface area contributed by atoms with Gasteiger partial charge in [0.25, 0.3) is 0 Å². The molecule has 1 aromatic heterocycles. The van der Waals surface area contributed by atoms with Gasteiger partial charge >= 0.3 is 0 Å². The van der Waals surface area contributed by atoms with Crippen molar-refractivity contribution in [2.75, 3.05) is 4.90 Å². The van der Waals surface area contributed by atoms with E-state index in [1.54, 1.807) is 0 Å². The average Bonchev–Trinajstić information content (AvgIpc) is 1.28. The van der Waals surface area contributed by atoms with Gasteiger partial charge < -0.3 is 9.47 Å². The molecule has 0 N–H and O–H groups in total. The molecule has 1 heterocycles. The van der Waals surface area contributed by atoms with Crippen LogP contribution in [0.3, 0.4) is 0 Å². The van der Waals surface area contributed by atoms with E-state index >= 15 is 0 Å². The molecule has 11 aromatic rings. The highest BCUT2D eigenvalue weighted by atomic mass is 15.1. The normalized spacial score (nSPS) is 20.7. The summed E-state index contributed by atoms with van der Waals surface area (Å²) in [5.74, 6) is 0. The highest BCUT2D eigenvalue weighted by Crippen LogP contribution is 2.44. The zero-order chi connectivity index (χ0) is 77.8. The van der Waals surface area contributed by atoms with E-state index in [1.165, 1.54) is 0 Å². The Morgan fingerprint density at radius 3 is 1.24 bits per heavy atom. The largest absolute Gasteiger partial charge is 0.310 e. The molecule has 0 spiro atoms. The van der Waals surface area contributed by atoms with Gasteiger partial charge in [-0.25, -0.2) is 0 Å². The summed E-state index contributed by atoms with van der Waals surface area (Å²) in [6.07, 6.45) is 0. The SMILES string of the molecule is [2H]c1c([2H])c([2H])c(-c2c([2H])c([2H])c(N(c3c([2H])c([2H])c(-c4c([2H])c([2H])c5c(c4[2H])c4c([2H])c([2H])c([2H])c([2H])c4n5-c4c([2H])c([2H])c(-c5c([2H])c([2H])c([2H])c([2H])c5[2H])c([2H])c4[2H])c([2H])c3[2H])c3c([2H])c([2H])c(-c4c([2H])c([2H])c([2H])c([2H])c4[2H])c([2H])c3-c3c([2H])c([2H])c([2H])c([2H])c3[2H])c([2H])c2[2H])c([2H])c1[2H]. The molecule has 0 saturated carbocycles. The van der Waals surface area contributed by atoms with Crippen LogP contribution >= 0.6 is 0 Å². The molecule has 0 amide bonds. The maximum atomic E-state index is 10.00. The lowest BCUT2D eigenvalue weighted by Gasteiger charge is -2.29. The van der Waals surface area contributed by atoms with Crippen LogP contribution in [0.1, 0.15) is 57.6 Å². The van der Waals surface area contributed by atoms with Crippen LogP contribution in [0, 0.1) is 0 Å². The second-order valence-electron chi connectivity index (χ2n) is 12.5. The number of para-hydroxylation sites is 1. The minimum atomic E-state index is -1.54. The molecule has 0 bridgehead atoms. The smallest absolute Gasteiger partial charge is 0.0645 e. The number of benzene rings is 10. The van der Waals surface area contributed by atoms with Crippen LogP contribution in [0.15, 0.2) is 254 Å². The van der Waals surface area contributed by atoms with Gasteiger partial charge in [-0.2, -0.15) is 0 Å². The third kappa shape index (κ3) is 6.94. The monoisotopic (exact) mass is 833 g/mol. The third-order valence-corrected chi connectivity index (χ3v) is 8.93. The van der Waals surface area contributed by atoms with Gasteiger partial charge in [-0.3, -0.25) is 0 Å². The minimum absolute atomic E-state index is 0.143. The topological polar surface area (TPSA) is 8.17 Å². The number of fused-ring (bicyclic) bond motifs is 3. The number of aromatic nitrogens is 1. The van der Waals surface area contributed by atoms with E-state index in [9.17, 15) is 30.2 Å². The van der Waals surface area contributed by atoms with Gasteiger partial charge in [0, 0.05) is 33.4 Å². The average molecular weight is 833 g/mol. The van der Waals surface area contributed by atoms with E-state index in [0.717, 1.165) is 0 Å². The van der Waals surface area contributed by atoms with Crippen molar-refractivity contribution in [3.05, 3.63) is 254 Å². The lowest BCUT2D eigenvalue weighted by Crippen LogP contribution is -2.11. The van der Waals surface area contributed by atoms with Crippen LogP contribution < -0.4 is 4.90 Å². The Hall–Kier alpha value is -8.20. The van der Waals surface area contributed by atoms with Crippen molar-refractivity contribution in [1.82, 2.24) is 4.57 Å².